The molecule has 1 aliphatic heterocycles. The predicted octanol–water partition coefficient (Wildman–Crippen LogP) is 4.41. The highest BCUT2D eigenvalue weighted by Crippen LogP contribution is 2.35. The van der Waals surface area contributed by atoms with Crippen LogP contribution in [0.4, 0.5) is 0 Å². The number of hydrogen-bond acceptors (Lipinski definition) is 2. The average molecular weight is 368 g/mol. The molecule has 2 fully saturated rings. The lowest BCUT2D eigenvalue weighted by atomic mass is 9.79. The van der Waals surface area contributed by atoms with Crippen LogP contribution in [0.15, 0.2) is 24.3 Å². The van der Waals surface area contributed by atoms with E-state index in [2.05, 4.69) is 35.3 Å². The summed E-state index contributed by atoms with van der Waals surface area (Å²) in [5.74, 6) is 0.0633. The van der Waals surface area contributed by atoms with Crippen LogP contribution >= 0.6 is 0 Å². The van der Waals surface area contributed by atoms with Crippen LogP contribution in [0, 0.1) is 6.92 Å². The number of fused-ring (bicyclic) bond motifs is 1. The lowest BCUT2D eigenvalue weighted by Crippen LogP contribution is -2.58. The molecule has 1 aliphatic carbocycles. The second-order valence-corrected chi connectivity index (χ2v) is 8.67. The highest BCUT2D eigenvalue weighted by atomic mass is 16.1. The molecule has 4 rings (SSSR count). The number of amides is 1. The molecule has 2 heterocycles. The first-order chi connectivity index (χ1) is 13.1. The lowest BCUT2D eigenvalue weighted by Gasteiger charge is -2.48. The molecule has 1 saturated carbocycles. The summed E-state index contributed by atoms with van der Waals surface area (Å²) in [4.78, 5) is 15.7. The molecule has 1 aromatic carbocycles. The van der Waals surface area contributed by atoms with E-state index < -0.39 is 0 Å². The Bertz CT molecular complexity index is 810. The van der Waals surface area contributed by atoms with Crippen molar-refractivity contribution in [2.24, 2.45) is 7.05 Å². The van der Waals surface area contributed by atoms with Gasteiger partial charge in [0, 0.05) is 30.0 Å². The lowest BCUT2D eigenvalue weighted by molar-refractivity contribution is 0.0325. The molecule has 1 N–H and O–H groups in total. The minimum Gasteiger partial charge on any atom is -0.349 e. The second kappa shape index (κ2) is 7.67. The number of benzene rings is 1. The van der Waals surface area contributed by atoms with Crippen LogP contribution in [0.1, 0.15) is 67.4 Å². The minimum absolute atomic E-state index is 0.0633. The van der Waals surface area contributed by atoms with Gasteiger partial charge >= 0.3 is 0 Å². The number of carbonyl (C=O) groups excluding carboxylic acids is 1. The van der Waals surface area contributed by atoms with Crippen LogP contribution in [0.25, 0.3) is 10.9 Å². The van der Waals surface area contributed by atoms with E-state index in [0.717, 1.165) is 23.1 Å². The fourth-order valence-electron chi connectivity index (χ4n) is 5.21. The first-order valence-electron chi connectivity index (χ1n) is 10.7. The summed E-state index contributed by atoms with van der Waals surface area (Å²) in [7, 11) is 1.99. The van der Waals surface area contributed by atoms with Crippen LogP contribution in [-0.2, 0) is 7.05 Å². The summed E-state index contributed by atoms with van der Waals surface area (Å²) in [5.41, 5.74) is 3.29. The van der Waals surface area contributed by atoms with Gasteiger partial charge in [-0.15, -0.1) is 0 Å². The van der Waals surface area contributed by atoms with E-state index >= 15 is 0 Å². The summed E-state index contributed by atoms with van der Waals surface area (Å²) in [5, 5.41) is 4.47. The van der Waals surface area contributed by atoms with Gasteiger partial charge in [0.15, 0.2) is 0 Å². The van der Waals surface area contributed by atoms with Crippen molar-refractivity contribution in [1.29, 1.82) is 0 Å². The predicted molar refractivity (Wildman–Crippen MR) is 111 cm³/mol. The molecule has 0 unspecified atom stereocenters. The summed E-state index contributed by atoms with van der Waals surface area (Å²) < 4.78 is 2.03. The first-order valence-corrected chi connectivity index (χ1v) is 10.7. The van der Waals surface area contributed by atoms with Gasteiger partial charge < -0.3 is 9.88 Å². The number of carbonyl (C=O) groups is 1. The molecule has 4 nitrogen and oxygen atoms in total. The van der Waals surface area contributed by atoms with Crippen molar-refractivity contribution in [1.82, 2.24) is 14.8 Å². The van der Waals surface area contributed by atoms with Crippen LogP contribution in [-0.4, -0.2) is 40.5 Å². The minimum atomic E-state index is 0.0633. The number of nitrogens with zero attached hydrogens (tertiary/aromatic N) is 2. The van der Waals surface area contributed by atoms with Gasteiger partial charge in [-0.05, 0) is 63.9 Å². The maximum absolute atomic E-state index is 13.0. The fourth-order valence-corrected chi connectivity index (χ4v) is 5.21. The van der Waals surface area contributed by atoms with Crippen molar-refractivity contribution in [3.8, 4) is 0 Å². The van der Waals surface area contributed by atoms with E-state index in [9.17, 15) is 4.79 Å². The van der Waals surface area contributed by atoms with E-state index in [1.807, 2.05) is 17.7 Å². The molecule has 4 heteroatoms. The number of aryl methyl sites for hydroxylation is 2. The van der Waals surface area contributed by atoms with Crippen LogP contribution in [0.2, 0.25) is 0 Å². The molecule has 2 aromatic rings. The third-order valence-electron chi connectivity index (χ3n) is 6.82. The molecule has 1 aromatic heterocycles. The zero-order valence-electron chi connectivity index (χ0n) is 16.9. The molecular weight excluding hydrogens is 334 g/mol. The highest BCUT2D eigenvalue weighted by Gasteiger charge is 2.38. The van der Waals surface area contributed by atoms with E-state index in [-0.39, 0.29) is 11.4 Å². The van der Waals surface area contributed by atoms with E-state index in [1.165, 1.54) is 70.0 Å². The van der Waals surface area contributed by atoms with Gasteiger partial charge in [0.2, 0.25) is 0 Å². The van der Waals surface area contributed by atoms with E-state index in [0.29, 0.717) is 0 Å². The third kappa shape index (κ3) is 3.64. The molecule has 2 aliphatic rings. The number of aromatic nitrogens is 1. The zero-order valence-corrected chi connectivity index (χ0v) is 16.9. The van der Waals surface area contributed by atoms with Crippen molar-refractivity contribution >= 4 is 16.8 Å². The Hall–Kier alpha value is -1.81. The van der Waals surface area contributed by atoms with Gasteiger partial charge in [-0.25, -0.2) is 0 Å². The van der Waals surface area contributed by atoms with Crippen molar-refractivity contribution in [3.05, 3.63) is 35.5 Å². The van der Waals surface area contributed by atoms with Gasteiger partial charge in [0.1, 0.15) is 5.69 Å². The second-order valence-electron chi connectivity index (χ2n) is 8.67. The summed E-state index contributed by atoms with van der Waals surface area (Å²) >= 11 is 0. The largest absolute Gasteiger partial charge is 0.349 e. The Labute approximate surface area is 162 Å². The smallest absolute Gasteiger partial charge is 0.267 e. The summed E-state index contributed by atoms with van der Waals surface area (Å²) in [6.07, 6.45) is 10.3. The molecule has 146 valence electrons. The monoisotopic (exact) mass is 367 g/mol. The van der Waals surface area contributed by atoms with Crippen LogP contribution < -0.4 is 5.32 Å². The standard InChI is InChI=1S/C23H33N3O/c1-18-9-10-20-19(15-18)16-21(25(20)2)22(27)24-17-23(11-5-3-6-12-23)26-13-7-4-8-14-26/h9-10,15-16H,3-8,11-14,17H2,1-2H3,(H,24,27). The molecule has 1 saturated heterocycles. The maximum Gasteiger partial charge on any atom is 0.267 e. The Morgan fingerprint density at radius 3 is 2.48 bits per heavy atom. The first kappa shape index (κ1) is 18.5. The SMILES string of the molecule is Cc1ccc2c(c1)cc(C(=O)NCC1(N3CCCCC3)CCCCC1)n2C. The zero-order chi connectivity index (χ0) is 18.9. The van der Waals surface area contributed by atoms with Crippen LogP contribution in [0.5, 0.6) is 0 Å². The Kier molecular flexibility index (Phi) is 5.27. The molecular formula is C23H33N3O. The summed E-state index contributed by atoms with van der Waals surface area (Å²) in [6, 6.07) is 8.41. The van der Waals surface area contributed by atoms with Crippen LogP contribution in [0.3, 0.4) is 0 Å². The fraction of sp³-hybridized carbons (Fsp3) is 0.609. The number of nitrogens with one attached hydrogen (secondary N) is 1. The third-order valence-corrected chi connectivity index (χ3v) is 6.82. The van der Waals surface area contributed by atoms with E-state index in [1.54, 1.807) is 0 Å². The molecule has 0 bridgehead atoms. The number of rotatable bonds is 4. The van der Waals surface area contributed by atoms with Gasteiger partial charge in [-0.2, -0.15) is 0 Å². The van der Waals surface area contributed by atoms with Crippen molar-refractivity contribution in [3.63, 3.8) is 0 Å². The number of likely N-dealkylation sites (tertiary alicyclic amines) is 1. The Morgan fingerprint density at radius 1 is 1.04 bits per heavy atom. The topological polar surface area (TPSA) is 37.3 Å². The molecule has 0 radical (unpaired) electrons. The molecule has 27 heavy (non-hydrogen) atoms. The van der Waals surface area contributed by atoms with E-state index in [4.69, 9.17) is 0 Å². The van der Waals surface area contributed by atoms with Gasteiger partial charge in [0.05, 0.1) is 0 Å². The quantitative estimate of drug-likeness (QED) is 0.869. The summed E-state index contributed by atoms with van der Waals surface area (Å²) in [6.45, 7) is 5.27. The van der Waals surface area contributed by atoms with Gasteiger partial charge in [-0.3, -0.25) is 9.69 Å². The number of hydrogen-bond donors (Lipinski definition) is 1. The molecule has 0 atom stereocenters. The van der Waals surface area contributed by atoms with Crippen molar-refractivity contribution < 1.29 is 4.79 Å². The Morgan fingerprint density at radius 2 is 1.74 bits per heavy atom. The molecule has 1 amide bonds. The number of piperidine rings is 1. The average Bonchev–Trinajstić information content (AvgIpc) is 3.03. The maximum atomic E-state index is 13.0. The van der Waals surface area contributed by atoms with Gasteiger partial charge in [0.25, 0.3) is 5.91 Å². The van der Waals surface area contributed by atoms with Crippen molar-refractivity contribution in [2.45, 2.75) is 63.8 Å². The van der Waals surface area contributed by atoms with Gasteiger partial charge in [-0.1, -0.05) is 37.3 Å². The Balaban J connectivity index is 1.52. The van der Waals surface area contributed by atoms with Crippen molar-refractivity contribution in [2.75, 3.05) is 19.6 Å². The normalized spacial score (nSPS) is 20.7. The molecule has 0 spiro atoms. The highest BCUT2D eigenvalue weighted by molar-refractivity contribution is 5.98.